The molecule has 1 amide bonds. The molecule has 0 aromatic heterocycles. The molecule has 0 radical (unpaired) electrons. The predicted octanol–water partition coefficient (Wildman–Crippen LogP) is 0.134. The first-order valence-corrected chi connectivity index (χ1v) is 5.98. The summed E-state index contributed by atoms with van der Waals surface area (Å²) < 4.78 is 0. The predicted molar refractivity (Wildman–Crippen MR) is 61.9 cm³/mol. The molecule has 2 N–H and O–H groups in total. The van der Waals surface area contributed by atoms with E-state index in [9.17, 15) is 4.79 Å². The van der Waals surface area contributed by atoms with E-state index in [2.05, 4.69) is 10.2 Å². The summed E-state index contributed by atoms with van der Waals surface area (Å²) in [5, 5.41) is 12.0. The average molecular weight is 224 g/mol. The third-order valence-corrected chi connectivity index (χ3v) is 3.32. The third kappa shape index (κ3) is 3.06. The first-order chi connectivity index (χ1) is 7.69. The number of carbonyl (C=O) groups is 1. The van der Waals surface area contributed by atoms with Gasteiger partial charge in [-0.15, -0.1) is 0 Å². The highest BCUT2D eigenvalue weighted by Gasteiger charge is 2.28. The molecule has 0 spiro atoms. The minimum absolute atomic E-state index is 0.0858. The monoisotopic (exact) mass is 224 g/mol. The van der Waals surface area contributed by atoms with Gasteiger partial charge in [0.2, 0.25) is 5.91 Å². The topological polar surface area (TPSA) is 52.6 Å². The third-order valence-electron chi connectivity index (χ3n) is 3.32. The number of rotatable bonds is 5. The molecule has 0 heterocycles. The molecule has 0 unspecified atom stereocenters. The Labute approximate surface area is 96.3 Å². The molecular formula is C12H20N2O2. The van der Waals surface area contributed by atoms with Crippen molar-refractivity contribution in [3.05, 3.63) is 12.2 Å². The molecule has 16 heavy (non-hydrogen) atoms. The molecule has 0 aromatic carbocycles. The lowest BCUT2D eigenvalue weighted by Gasteiger charge is -2.17. The van der Waals surface area contributed by atoms with E-state index < -0.39 is 0 Å². The van der Waals surface area contributed by atoms with Crippen LogP contribution in [0.2, 0.25) is 0 Å². The molecule has 1 fully saturated rings. The fourth-order valence-electron chi connectivity index (χ4n) is 2.14. The summed E-state index contributed by atoms with van der Waals surface area (Å²) in [4.78, 5) is 13.8. The van der Waals surface area contributed by atoms with Gasteiger partial charge in [0.05, 0.1) is 6.54 Å². The van der Waals surface area contributed by atoms with Crippen molar-refractivity contribution in [3.63, 3.8) is 0 Å². The number of nitrogens with zero attached hydrogens (tertiary/aromatic N) is 1. The van der Waals surface area contributed by atoms with Gasteiger partial charge >= 0.3 is 0 Å². The molecule has 0 bridgehead atoms. The number of amides is 1. The Bertz CT molecular complexity index is 287. The lowest BCUT2D eigenvalue weighted by atomic mass is 10.1. The van der Waals surface area contributed by atoms with Crippen LogP contribution in [0.1, 0.15) is 19.3 Å². The highest BCUT2D eigenvalue weighted by molar-refractivity contribution is 5.78. The standard InChI is InChI=1S/C12H20N2O2/c1-14(11-4-5-11)7-12(16)13-10-3-2-9(6-10)8-15/h2-3,9-11,15H,4-8H2,1H3,(H,13,16)/t9-,10+/m0/s1. The van der Waals surface area contributed by atoms with Gasteiger partial charge in [0.25, 0.3) is 0 Å². The van der Waals surface area contributed by atoms with Crippen molar-refractivity contribution in [2.45, 2.75) is 31.3 Å². The Morgan fingerprint density at radius 2 is 2.25 bits per heavy atom. The van der Waals surface area contributed by atoms with Crippen LogP contribution in [0.25, 0.3) is 0 Å². The van der Waals surface area contributed by atoms with Crippen LogP contribution >= 0.6 is 0 Å². The Kier molecular flexibility index (Phi) is 3.61. The van der Waals surface area contributed by atoms with Crippen molar-refractivity contribution in [3.8, 4) is 0 Å². The summed E-state index contributed by atoms with van der Waals surface area (Å²) in [6.07, 6.45) is 7.24. The second-order valence-corrected chi connectivity index (χ2v) is 4.88. The number of nitrogens with one attached hydrogen (secondary N) is 1. The maximum atomic E-state index is 11.7. The summed E-state index contributed by atoms with van der Waals surface area (Å²) in [7, 11) is 2.00. The van der Waals surface area contributed by atoms with Crippen molar-refractivity contribution in [2.75, 3.05) is 20.2 Å². The molecule has 2 atom stereocenters. The highest BCUT2D eigenvalue weighted by atomic mass is 16.3. The zero-order valence-corrected chi connectivity index (χ0v) is 9.72. The van der Waals surface area contributed by atoms with Gasteiger partial charge in [0, 0.05) is 24.6 Å². The quantitative estimate of drug-likeness (QED) is 0.653. The first kappa shape index (κ1) is 11.6. The zero-order chi connectivity index (χ0) is 11.5. The van der Waals surface area contributed by atoms with Crippen LogP contribution in [0.15, 0.2) is 12.2 Å². The molecule has 0 aliphatic heterocycles. The summed E-state index contributed by atoms with van der Waals surface area (Å²) in [6, 6.07) is 0.729. The zero-order valence-electron chi connectivity index (χ0n) is 9.72. The van der Waals surface area contributed by atoms with Gasteiger partial charge in [-0.05, 0) is 26.3 Å². The molecule has 4 nitrogen and oxygen atoms in total. The van der Waals surface area contributed by atoms with Crippen LogP contribution in [0.5, 0.6) is 0 Å². The molecule has 2 aliphatic carbocycles. The van der Waals surface area contributed by atoms with Crippen molar-refractivity contribution in [2.24, 2.45) is 5.92 Å². The van der Waals surface area contributed by atoms with E-state index in [-0.39, 0.29) is 24.5 Å². The Morgan fingerprint density at radius 3 is 2.81 bits per heavy atom. The lowest BCUT2D eigenvalue weighted by molar-refractivity contribution is -0.122. The second kappa shape index (κ2) is 4.97. The number of hydrogen-bond acceptors (Lipinski definition) is 3. The van der Waals surface area contributed by atoms with Crippen molar-refractivity contribution < 1.29 is 9.90 Å². The maximum Gasteiger partial charge on any atom is 0.234 e. The van der Waals surface area contributed by atoms with E-state index in [1.165, 1.54) is 12.8 Å². The van der Waals surface area contributed by atoms with Crippen LogP contribution in [-0.2, 0) is 4.79 Å². The molecule has 2 rings (SSSR count). The van der Waals surface area contributed by atoms with Crippen LogP contribution in [-0.4, -0.2) is 48.2 Å². The summed E-state index contributed by atoms with van der Waals surface area (Å²) >= 11 is 0. The van der Waals surface area contributed by atoms with Crippen LogP contribution in [0.4, 0.5) is 0 Å². The fourth-order valence-corrected chi connectivity index (χ4v) is 2.14. The van der Waals surface area contributed by atoms with Gasteiger partial charge in [-0.1, -0.05) is 12.2 Å². The Morgan fingerprint density at radius 1 is 1.50 bits per heavy atom. The van der Waals surface area contributed by atoms with E-state index >= 15 is 0 Å². The number of hydrogen-bond donors (Lipinski definition) is 2. The minimum Gasteiger partial charge on any atom is -0.396 e. The molecular weight excluding hydrogens is 204 g/mol. The molecule has 1 saturated carbocycles. The highest BCUT2D eigenvalue weighted by Crippen LogP contribution is 2.24. The van der Waals surface area contributed by atoms with E-state index in [1.54, 1.807) is 0 Å². The summed E-state index contributed by atoms with van der Waals surface area (Å²) in [5.41, 5.74) is 0. The van der Waals surface area contributed by atoms with Gasteiger partial charge in [-0.2, -0.15) is 0 Å². The van der Waals surface area contributed by atoms with Crippen LogP contribution < -0.4 is 5.32 Å². The molecule has 4 heteroatoms. The Balaban J connectivity index is 1.69. The maximum absolute atomic E-state index is 11.7. The van der Waals surface area contributed by atoms with E-state index in [0.29, 0.717) is 12.6 Å². The summed E-state index contributed by atoms with van der Waals surface area (Å²) in [5.74, 6) is 0.300. The van der Waals surface area contributed by atoms with E-state index in [0.717, 1.165) is 6.42 Å². The number of aliphatic hydroxyl groups excluding tert-OH is 1. The second-order valence-electron chi connectivity index (χ2n) is 4.88. The fraction of sp³-hybridized carbons (Fsp3) is 0.750. The molecule has 90 valence electrons. The number of carbonyl (C=O) groups excluding carboxylic acids is 1. The van der Waals surface area contributed by atoms with Gasteiger partial charge in [0.1, 0.15) is 0 Å². The molecule has 2 aliphatic rings. The normalized spacial score (nSPS) is 28.7. The Hall–Kier alpha value is -0.870. The molecule has 0 saturated heterocycles. The minimum atomic E-state index is 0.0858. The SMILES string of the molecule is CN(CC(=O)N[C@@H]1C=C[C@H](CO)C1)C1CC1. The van der Waals surface area contributed by atoms with E-state index in [1.807, 2.05) is 19.2 Å². The average Bonchev–Trinajstić information content (AvgIpc) is 3.00. The number of likely N-dealkylation sites (N-methyl/N-ethyl adjacent to an activating group) is 1. The van der Waals surface area contributed by atoms with Crippen LogP contribution in [0, 0.1) is 5.92 Å². The van der Waals surface area contributed by atoms with Crippen molar-refractivity contribution >= 4 is 5.91 Å². The van der Waals surface area contributed by atoms with Crippen LogP contribution in [0.3, 0.4) is 0 Å². The smallest absolute Gasteiger partial charge is 0.234 e. The first-order valence-electron chi connectivity index (χ1n) is 5.98. The molecule has 0 aromatic rings. The van der Waals surface area contributed by atoms with Gasteiger partial charge < -0.3 is 10.4 Å². The van der Waals surface area contributed by atoms with Gasteiger partial charge in [-0.25, -0.2) is 0 Å². The van der Waals surface area contributed by atoms with E-state index in [4.69, 9.17) is 5.11 Å². The summed E-state index contributed by atoms with van der Waals surface area (Å²) in [6.45, 7) is 0.656. The lowest BCUT2D eigenvalue weighted by Crippen LogP contribution is -2.40. The largest absolute Gasteiger partial charge is 0.396 e. The van der Waals surface area contributed by atoms with Gasteiger partial charge in [-0.3, -0.25) is 9.69 Å². The number of aliphatic hydroxyl groups is 1. The van der Waals surface area contributed by atoms with Crippen molar-refractivity contribution in [1.82, 2.24) is 10.2 Å². The van der Waals surface area contributed by atoms with Crippen molar-refractivity contribution in [1.29, 1.82) is 0 Å². The van der Waals surface area contributed by atoms with Gasteiger partial charge in [0.15, 0.2) is 0 Å².